The van der Waals surface area contributed by atoms with Crippen molar-refractivity contribution in [1.82, 2.24) is 0 Å². The Bertz CT molecular complexity index is 1230. The van der Waals surface area contributed by atoms with Gasteiger partial charge in [0.15, 0.2) is 0 Å². The predicted molar refractivity (Wildman–Crippen MR) is 130 cm³/mol. The Kier molecular flexibility index (Phi) is 4.91. The summed E-state index contributed by atoms with van der Waals surface area (Å²) in [7, 11) is 0. The van der Waals surface area contributed by atoms with E-state index in [-0.39, 0.29) is 5.91 Å². The molecule has 2 N–H and O–H groups in total. The first-order valence-corrected chi connectivity index (χ1v) is 11.9. The van der Waals surface area contributed by atoms with Crippen LogP contribution in [0.25, 0.3) is 0 Å². The van der Waals surface area contributed by atoms with Gasteiger partial charge in [-0.1, -0.05) is 42.5 Å². The van der Waals surface area contributed by atoms with Crippen molar-refractivity contribution >= 4 is 17.3 Å². The van der Waals surface area contributed by atoms with Crippen LogP contribution in [0.15, 0.2) is 72.8 Å². The third kappa shape index (κ3) is 3.49. The molecule has 2 saturated carbocycles. The Balaban J connectivity index is 1.30. The number of anilines is 2. The molecule has 2 bridgehead atoms. The molecular weight excluding hydrogens is 406 g/mol. The largest absolute Gasteiger partial charge is 0.378 e. The van der Waals surface area contributed by atoms with Crippen molar-refractivity contribution in [2.45, 2.75) is 37.6 Å². The quantitative estimate of drug-likeness (QED) is 0.507. The predicted octanol–water partition coefficient (Wildman–Crippen LogP) is 6.30. The van der Waals surface area contributed by atoms with Crippen molar-refractivity contribution in [2.24, 2.45) is 17.8 Å². The molecule has 0 aromatic heterocycles. The van der Waals surface area contributed by atoms with Gasteiger partial charge in [0.1, 0.15) is 0 Å². The molecule has 1 aliphatic heterocycles. The summed E-state index contributed by atoms with van der Waals surface area (Å²) in [6.07, 6.45) is 4.32. The second-order valence-corrected chi connectivity index (χ2v) is 9.76. The first-order valence-electron chi connectivity index (χ1n) is 11.9. The van der Waals surface area contributed by atoms with Gasteiger partial charge in [0, 0.05) is 16.9 Å². The van der Waals surface area contributed by atoms with Crippen LogP contribution in [0.2, 0.25) is 0 Å². The molecule has 5 atom stereocenters. The molecule has 2 aliphatic carbocycles. The molecule has 33 heavy (non-hydrogen) atoms. The summed E-state index contributed by atoms with van der Waals surface area (Å²) < 4.78 is 0. The summed E-state index contributed by atoms with van der Waals surface area (Å²) >= 11 is 0. The number of hydrogen-bond acceptors (Lipinski definition) is 3. The van der Waals surface area contributed by atoms with Gasteiger partial charge < -0.3 is 10.6 Å². The third-order valence-corrected chi connectivity index (χ3v) is 8.00. The number of nitriles is 1. The van der Waals surface area contributed by atoms with Crippen LogP contribution < -0.4 is 10.6 Å². The van der Waals surface area contributed by atoms with Gasteiger partial charge in [-0.2, -0.15) is 5.26 Å². The van der Waals surface area contributed by atoms with Crippen LogP contribution in [-0.2, 0) is 6.42 Å². The van der Waals surface area contributed by atoms with Crippen LogP contribution in [0, 0.1) is 29.1 Å². The fraction of sp³-hybridized carbons (Fsp3) is 0.310. The first-order chi connectivity index (χ1) is 16.2. The number of carbonyl (C=O) groups excluding carboxylic acids is 1. The highest BCUT2D eigenvalue weighted by molar-refractivity contribution is 6.04. The Morgan fingerprint density at radius 2 is 1.79 bits per heavy atom. The van der Waals surface area contributed by atoms with Gasteiger partial charge >= 0.3 is 0 Å². The molecule has 3 aromatic carbocycles. The van der Waals surface area contributed by atoms with Crippen molar-refractivity contribution in [1.29, 1.82) is 5.26 Å². The monoisotopic (exact) mass is 433 g/mol. The molecule has 0 unspecified atom stereocenters. The molecule has 1 amide bonds. The van der Waals surface area contributed by atoms with Crippen molar-refractivity contribution in [2.75, 3.05) is 10.6 Å². The molecule has 0 spiro atoms. The minimum atomic E-state index is -0.0873. The van der Waals surface area contributed by atoms with Gasteiger partial charge in [-0.05, 0) is 90.0 Å². The Hall–Kier alpha value is -3.58. The fourth-order valence-electron chi connectivity index (χ4n) is 6.62. The van der Waals surface area contributed by atoms with Crippen LogP contribution in [0.4, 0.5) is 11.4 Å². The van der Waals surface area contributed by atoms with E-state index in [0.29, 0.717) is 29.9 Å². The number of fused-ring (bicyclic) bond motifs is 7. The summed E-state index contributed by atoms with van der Waals surface area (Å²) in [4.78, 5) is 13.1. The summed E-state index contributed by atoms with van der Waals surface area (Å²) in [5, 5.41) is 15.7. The third-order valence-electron chi connectivity index (χ3n) is 8.00. The average molecular weight is 434 g/mol. The van der Waals surface area contributed by atoms with Crippen LogP contribution in [0.3, 0.4) is 0 Å². The minimum Gasteiger partial charge on any atom is -0.378 e. The summed E-state index contributed by atoms with van der Waals surface area (Å²) in [6, 6.07) is 27.0. The SMILES string of the molecule is N#CCc1ccc(NC(=O)c2ccc3c(c2)[C@@H]2[C@H]4CC[C@@H](C4)[C@@H]2[C@H](c2ccccc2)N3)cc1. The lowest BCUT2D eigenvalue weighted by Crippen LogP contribution is -2.35. The number of benzene rings is 3. The minimum absolute atomic E-state index is 0.0873. The topological polar surface area (TPSA) is 64.9 Å². The van der Waals surface area contributed by atoms with E-state index in [4.69, 9.17) is 5.26 Å². The highest BCUT2D eigenvalue weighted by Crippen LogP contribution is 2.63. The van der Waals surface area contributed by atoms with E-state index in [1.165, 1.54) is 36.1 Å². The molecule has 0 radical (unpaired) electrons. The van der Waals surface area contributed by atoms with E-state index in [1.807, 2.05) is 30.3 Å². The van der Waals surface area contributed by atoms with E-state index in [9.17, 15) is 4.79 Å². The molecular formula is C29H27N3O. The number of amides is 1. The van der Waals surface area contributed by atoms with Crippen LogP contribution in [0.1, 0.15) is 58.3 Å². The lowest BCUT2D eigenvalue weighted by atomic mass is 9.68. The Morgan fingerprint density at radius 1 is 1.00 bits per heavy atom. The normalized spacial score (nSPS) is 26.6. The Labute approximate surface area is 194 Å². The zero-order valence-electron chi connectivity index (χ0n) is 18.5. The lowest BCUT2D eigenvalue weighted by molar-refractivity contribution is 0.102. The standard InChI is InChI=1S/C29H27N3O/c30-15-14-18-6-11-23(12-7-18)31-29(33)22-10-13-25-24(17-22)26-20-8-9-21(16-20)27(26)28(32-25)19-4-2-1-3-5-19/h1-7,10-13,17,20-21,26-28,32H,8-9,14,16H2,(H,31,33)/t20-,21-,26-,27-,28-/m0/s1. The van der Waals surface area contributed by atoms with Crippen LogP contribution in [-0.4, -0.2) is 5.91 Å². The van der Waals surface area contributed by atoms with E-state index in [2.05, 4.69) is 59.2 Å². The van der Waals surface area contributed by atoms with Gasteiger partial charge in [-0.15, -0.1) is 0 Å². The second kappa shape index (κ2) is 8.08. The maximum atomic E-state index is 13.1. The zero-order chi connectivity index (χ0) is 22.4. The smallest absolute Gasteiger partial charge is 0.255 e. The summed E-state index contributed by atoms with van der Waals surface area (Å²) in [5.41, 5.74) is 6.26. The lowest BCUT2D eigenvalue weighted by Gasteiger charge is -2.43. The van der Waals surface area contributed by atoms with Crippen molar-refractivity contribution < 1.29 is 4.79 Å². The fourth-order valence-corrected chi connectivity index (χ4v) is 6.62. The van der Waals surface area contributed by atoms with Crippen molar-refractivity contribution in [3.05, 3.63) is 95.1 Å². The van der Waals surface area contributed by atoms with Crippen molar-refractivity contribution in [3.8, 4) is 6.07 Å². The van der Waals surface area contributed by atoms with Crippen LogP contribution in [0.5, 0.6) is 0 Å². The number of nitrogens with one attached hydrogen (secondary N) is 2. The molecule has 164 valence electrons. The van der Waals surface area contributed by atoms with Crippen LogP contribution >= 0.6 is 0 Å². The highest BCUT2D eigenvalue weighted by atomic mass is 16.1. The van der Waals surface area contributed by atoms with Crippen molar-refractivity contribution in [3.63, 3.8) is 0 Å². The van der Waals surface area contributed by atoms with E-state index < -0.39 is 0 Å². The molecule has 4 nitrogen and oxygen atoms in total. The maximum Gasteiger partial charge on any atom is 0.255 e. The number of carbonyl (C=O) groups is 1. The highest BCUT2D eigenvalue weighted by Gasteiger charge is 2.53. The molecule has 4 heteroatoms. The molecule has 3 aliphatic rings. The van der Waals surface area contributed by atoms with Gasteiger partial charge in [0.25, 0.3) is 5.91 Å². The summed E-state index contributed by atoms with van der Waals surface area (Å²) in [6.45, 7) is 0. The van der Waals surface area contributed by atoms with E-state index >= 15 is 0 Å². The zero-order valence-corrected chi connectivity index (χ0v) is 18.5. The second-order valence-electron chi connectivity index (χ2n) is 9.76. The molecule has 0 saturated heterocycles. The van der Waals surface area contributed by atoms with E-state index in [0.717, 1.165) is 23.1 Å². The van der Waals surface area contributed by atoms with Gasteiger partial charge in [-0.25, -0.2) is 0 Å². The summed E-state index contributed by atoms with van der Waals surface area (Å²) in [5.74, 6) is 2.50. The van der Waals surface area contributed by atoms with Gasteiger partial charge in [-0.3, -0.25) is 4.79 Å². The molecule has 6 rings (SSSR count). The number of hydrogen-bond donors (Lipinski definition) is 2. The number of rotatable bonds is 4. The maximum absolute atomic E-state index is 13.1. The molecule has 3 aromatic rings. The first kappa shape index (κ1) is 20.1. The van der Waals surface area contributed by atoms with Gasteiger partial charge in [0.05, 0.1) is 18.5 Å². The average Bonchev–Trinajstić information content (AvgIpc) is 3.48. The van der Waals surface area contributed by atoms with E-state index in [1.54, 1.807) is 0 Å². The number of nitrogens with zero attached hydrogens (tertiary/aromatic N) is 1. The Morgan fingerprint density at radius 3 is 2.58 bits per heavy atom. The molecule has 1 heterocycles. The molecule has 2 fully saturated rings. The van der Waals surface area contributed by atoms with Gasteiger partial charge in [0.2, 0.25) is 0 Å².